The number of hydrogen-bond acceptors (Lipinski definition) is 3. The van der Waals surface area contributed by atoms with Gasteiger partial charge >= 0.3 is 0 Å². The lowest BCUT2D eigenvalue weighted by atomic mass is 10.1. The molecule has 2 N–H and O–H groups in total. The van der Waals surface area contributed by atoms with Gasteiger partial charge in [0.15, 0.2) is 0 Å². The molecule has 2 aliphatic rings. The molecule has 1 aromatic rings. The van der Waals surface area contributed by atoms with Crippen LogP contribution >= 0.6 is 24.0 Å². The van der Waals surface area contributed by atoms with Crippen LogP contribution in [0.5, 0.6) is 0 Å². The fourth-order valence-electron chi connectivity index (χ4n) is 3.14. The van der Waals surface area contributed by atoms with Crippen molar-refractivity contribution in [3.05, 3.63) is 29.0 Å². The molecule has 2 bridgehead atoms. The Bertz CT molecular complexity index is 544. The van der Waals surface area contributed by atoms with Gasteiger partial charge in [0, 0.05) is 25.2 Å². The summed E-state index contributed by atoms with van der Waals surface area (Å²) < 4.78 is 13.0. The zero-order valence-corrected chi connectivity index (χ0v) is 13.7. The summed E-state index contributed by atoms with van der Waals surface area (Å²) in [6.07, 6.45) is 3.52. The summed E-state index contributed by atoms with van der Waals surface area (Å²) >= 11 is 5.92. The molecule has 2 unspecified atom stereocenters. The number of likely N-dealkylation sites (tertiary alicyclic amines) is 1. The van der Waals surface area contributed by atoms with E-state index in [9.17, 15) is 9.18 Å². The molecule has 2 aliphatic heterocycles. The van der Waals surface area contributed by atoms with Crippen LogP contribution in [0.15, 0.2) is 18.2 Å². The van der Waals surface area contributed by atoms with Crippen LogP contribution in [0.25, 0.3) is 0 Å². The Labute approximate surface area is 140 Å². The Morgan fingerprint density at radius 3 is 2.91 bits per heavy atom. The predicted molar refractivity (Wildman–Crippen MR) is 88.3 cm³/mol. The molecule has 2 saturated heterocycles. The Morgan fingerprint density at radius 1 is 1.36 bits per heavy atom. The number of benzene rings is 1. The molecule has 0 saturated carbocycles. The lowest BCUT2D eigenvalue weighted by molar-refractivity contribution is -0.117. The molecular formula is C15H20Cl2FN3O. The van der Waals surface area contributed by atoms with Crippen molar-refractivity contribution in [2.24, 2.45) is 0 Å². The highest BCUT2D eigenvalue weighted by Crippen LogP contribution is 2.23. The van der Waals surface area contributed by atoms with E-state index in [1.807, 2.05) is 0 Å². The number of amides is 1. The van der Waals surface area contributed by atoms with Crippen molar-refractivity contribution in [3.8, 4) is 0 Å². The van der Waals surface area contributed by atoms with E-state index >= 15 is 0 Å². The van der Waals surface area contributed by atoms with Crippen LogP contribution in [0, 0.1) is 5.82 Å². The number of nitrogens with zero attached hydrogens (tertiary/aromatic N) is 1. The molecule has 0 aromatic heterocycles. The second kappa shape index (κ2) is 7.59. The summed E-state index contributed by atoms with van der Waals surface area (Å²) in [6.45, 7) is 2.18. The number of anilines is 1. The van der Waals surface area contributed by atoms with E-state index < -0.39 is 5.82 Å². The second-order valence-electron chi connectivity index (χ2n) is 5.83. The van der Waals surface area contributed by atoms with Crippen LogP contribution in [-0.4, -0.2) is 42.5 Å². The number of nitrogens with one attached hydrogen (secondary N) is 2. The van der Waals surface area contributed by atoms with Crippen LogP contribution in [0.1, 0.15) is 19.3 Å². The lowest BCUT2D eigenvalue weighted by Gasteiger charge is -2.23. The second-order valence-corrected chi connectivity index (χ2v) is 6.24. The number of carbonyl (C=O) groups excluding carboxylic acids is 1. The number of rotatable bonds is 3. The maximum absolute atomic E-state index is 13.0. The molecule has 3 rings (SSSR count). The van der Waals surface area contributed by atoms with Crippen LogP contribution in [-0.2, 0) is 4.79 Å². The highest BCUT2D eigenvalue weighted by atomic mass is 35.5. The van der Waals surface area contributed by atoms with Crippen LogP contribution < -0.4 is 10.6 Å². The van der Waals surface area contributed by atoms with Crippen molar-refractivity contribution >= 4 is 35.6 Å². The SMILES string of the molecule is Cl.O=C(CN1CCC2CCC(C1)N2)Nc1ccc(F)cc1Cl. The lowest BCUT2D eigenvalue weighted by Crippen LogP contribution is -2.39. The van der Waals surface area contributed by atoms with Crippen molar-refractivity contribution in [2.75, 3.05) is 25.0 Å². The first-order valence-corrected chi connectivity index (χ1v) is 7.71. The molecule has 2 fully saturated rings. The fourth-order valence-corrected chi connectivity index (χ4v) is 3.36. The van der Waals surface area contributed by atoms with Crippen molar-refractivity contribution < 1.29 is 9.18 Å². The van der Waals surface area contributed by atoms with Gasteiger partial charge in [-0.05, 0) is 37.5 Å². The van der Waals surface area contributed by atoms with Crippen molar-refractivity contribution in [3.63, 3.8) is 0 Å². The summed E-state index contributed by atoms with van der Waals surface area (Å²) in [5.74, 6) is -0.520. The first kappa shape index (κ1) is 17.5. The standard InChI is InChI=1S/C15H19ClFN3O.ClH/c16-13-7-10(17)1-4-14(13)19-15(21)9-20-6-5-11-2-3-12(8-20)18-11;/h1,4,7,11-12,18H,2-3,5-6,8-9H2,(H,19,21);1H. The number of halogens is 3. The van der Waals surface area contributed by atoms with Crippen molar-refractivity contribution in [1.82, 2.24) is 10.2 Å². The van der Waals surface area contributed by atoms with E-state index in [0.717, 1.165) is 19.5 Å². The highest BCUT2D eigenvalue weighted by Gasteiger charge is 2.29. The number of carbonyl (C=O) groups is 1. The Hall–Kier alpha value is -0.880. The zero-order chi connectivity index (χ0) is 14.8. The van der Waals surface area contributed by atoms with Crippen LogP contribution in [0.2, 0.25) is 5.02 Å². The summed E-state index contributed by atoms with van der Waals surface area (Å²) in [5, 5.41) is 6.56. The van der Waals surface area contributed by atoms with E-state index in [0.29, 0.717) is 24.3 Å². The molecule has 4 nitrogen and oxygen atoms in total. The molecule has 7 heteroatoms. The largest absolute Gasteiger partial charge is 0.324 e. The van der Waals surface area contributed by atoms with Gasteiger partial charge in [0.25, 0.3) is 0 Å². The van der Waals surface area contributed by atoms with Gasteiger partial charge in [0.1, 0.15) is 5.82 Å². The minimum absolute atomic E-state index is 0. The van der Waals surface area contributed by atoms with Gasteiger partial charge in [-0.2, -0.15) is 0 Å². The molecule has 1 aromatic carbocycles. The van der Waals surface area contributed by atoms with Gasteiger partial charge in [-0.3, -0.25) is 9.69 Å². The van der Waals surface area contributed by atoms with E-state index in [-0.39, 0.29) is 23.3 Å². The summed E-state index contributed by atoms with van der Waals surface area (Å²) in [6, 6.07) is 5.08. The summed E-state index contributed by atoms with van der Waals surface area (Å²) in [4.78, 5) is 14.3. The third-order valence-electron chi connectivity index (χ3n) is 4.18. The molecule has 22 heavy (non-hydrogen) atoms. The number of fused-ring (bicyclic) bond motifs is 2. The van der Waals surface area contributed by atoms with E-state index in [2.05, 4.69) is 15.5 Å². The Kier molecular flexibility index (Phi) is 6.03. The van der Waals surface area contributed by atoms with Crippen LogP contribution in [0.4, 0.5) is 10.1 Å². The third-order valence-corrected chi connectivity index (χ3v) is 4.49. The molecule has 0 aliphatic carbocycles. The zero-order valence-electron chi connectivity index (χ0n) is 12.1. The van der Waals surface area contributed by atoms with Gasteiger partial charge in [0.05, 0.1) is 17.3 Å². The normalized spacial score (nSPS) is 24.5. The van der Waals surface area contributed by atoms with E-state index in [1.54, 1.807) is 0 Å². The highest BCUT2D eigenvalue weighted by molar-refractivity contribution is 6.33. The molecule has 2 atom stereocenters. The first-order valence-electron chi connectivity index (χ1n) is 7.33. The van der Waals surface area contributed by atoms with Crippen molar-refractivity contribution in [2.45, 2.75) is 31.3 Å². The topological polar surface area (TPSA) is 44.4 Å². The van der Waals surface area contributed by atoms with Gasteiger partial charge < -0.3 is 10.6 Å². The first-order chi connectivity index (χ1) is 10.1. The summed E-state index contributed by atoms with van der Waals surface area (Å²) in [7, 11) is 0. The van der Waals surface area contributed by atoms with Gasteiger partial charge in [-0.1, -0.05) is 11.6 Å². The maximum Gasteiger partial charge on any atom is 0.238 e. The molecule has 2 heterocycles. The van der Waals surface area contributed by atoms with Gasteiger partial charge in [0.2, 0.25) is 5.91 Å². The summed E-state index contributed by atoms with van der Waals surface area (Å²) in [5.41, 5.74) is 0.456. The number of hydrogen-bond donors (Lipinski definition) is 2. The quantitative estimate of drug-likeness (QED) is 0.883. The predicted octanol–water partition coefficient (Wildman–Crippen LogP) is 2.67. The minimum Gasteiger partial charge on any atom is -0.324 e. The monoisotopic (exact) mass is 347 g/mol. The smallest absolute Gasteiger partial charge is 0.238 e. The molecule has 0 spiro atoms. The van der Waals surface area contributed by atoms with Gasteiger partial charge in [-0.25, -0.2) is 4.39 Å². The average Bonchev–Trinajstić information content (AvgIpc) is 2.76. The minimum atomic E-state index is -0.410. The van der Waals surface area contributed by atoms with Crippen molar-refractivity contribution in [1.29, 1.82) is 0 Å². The van der Waals surface area contributed by atoms with E-state index in [4.69, 9.17) is 11.6 Å². The molecule has 0 radical (unpaired) electrons. The Morgan fingerprint density at radius 2 is 2.14 bits per heavy atom. The average molecular weight is 348 g/mol. The van der Waals surface area contributed by atoms with Gasteiger partial charge in [-0.15, -0.1) is 12.4 Å². The Balaban J connectivity index is 0.00000176. The van der Waals surface area contributed by atoms with Crippen LogP contribution in [0.3, 0.4) is 0 Å². The fraction of sp³-hybridized carbons (Fsp3) is 0.533. The molecular weight excluding hydrogens is 328 g/mol. The molecule has 1 amide bonds. The third kappa shape index (κ3) is 4.32. The van der Waals surface area contributed by atoms with E-state index in [1.165, 1.54) is 31.0 Å². The maximum atomic E-state index is 13.0. The molecule has 122 valence electrons.